The number of carbonyl (C=O) groups is 1. The number of ketones is 1. The predicted molar refractivity (Wildman–Crippen MR) is 71.5 cm³/mol. The fraction of sp³-hybridized carbons (Fsp3) is 0.188. The lowest BCUT2D eigenvalue weighted by Crippen LogP contribution is -2.13. The summed E-state index contributed by atoms with van der Waals surface area (Å²) in [7, 11) is 0. The highest BCUT2D eigenvalue weighted by Crippen LogP contribution is 2.20. The molecule has 3 heteroatoms. The number of hydrogen-bond donors (Lipinski definition) is 1. The minimum absolute atomic E-state index is 0.0884. The van der Waals surface area contributed by atoms with Crippen LogP contribution in [0.5, 0.6) is 0 Å². The lowest BCUT2D eigenvalue weighted by molar-refractivity contribution is 0.0743. The Morgan fingerprint density at radius 2 is 1.79 bits per heavy atom. The first kappa shape index (κ1) is 13.4. The van der Waals surface area contributed by atoms with E-state index in [-0.39, 0.29) is 5.56 Å². The summed E-state index contributed by atoms with van der Waals surface area (Å²) in [6.45, 7) is 2.02. The Morgan fingerprint density at radius 1 is 1.16 bits per heavy atom. The molecule has 0 saturated heterocycles. The average Bonchev–Trinajstić information content (AvgIpc) is 2.46. The van der Waals surface area contributed by atoms with Gasteiger partial charge in [0.05, 0.1) is 5.56 Å². The largest absolute Gasteiger partial charge is 0.380 e. The molecule has 19 heavy (non-hydrogen) atoms. The first-order valence-electron chi connectivity index (χ1n) is 6.19. The number of aryl methyl sites for hydroxylation is 1. The molecule has 0 spiro atoms. The van der Waals surface area contributed by atoms with Crippen LogP contribution in [-0.4, -0.2) is 10.9 Å². The summed E-state index contributed by atoms with van der Waals surface area (Å²) >= 11 is 0. The third-order valence-corrected chi connectivity index (χ3v) is 3.09. The number of aliphatic hydroxyl groups excluding tert-OH is 1. The van der Waals surface area contributed by atoms with Gasteiger partial charge in [-0.3, -0.25) is 4.79 Å². The van der Waals surface area contributed by atoms with Crippen LogP contribution in [-0.2, 0) is 6.42 Å². The lowest BCUT2D eigenvalue weighted by atomic mass is 9.98. The van der Waals surface area contributed by atoms with Gasteiger partial charge in [0.25, 0.3) is 0 Å². The topological polar surface area (TPSA) is 37.3 Å². The van der Waals surface area contributed by atoms with E-state index in [1.807, 2.05) is 19.1 Å². The summed E-state index contributed by atoms with van der Waals surface area (Å²) in [5, 5.41) is 10.0. The van der Waals surface area contributed by atoms with Crippen molar-refractivity contribution in [3.05, 3.63) is 71.0 Å². The monoisotopic (exact) mass is 258 g/mol. The molecule has 0 aliphatic heterocycles. The Hall–Kier alpha value is -2.00. The normalized spacial score (nSPS) is 12.2. The summed E-state index contributed by atoms with van der Waals surface area (Å²) in [6, 6.07) is 12.8. The maximum Gasteiger partial charge on any atom is 0.198 e. The molecular formula is C16H15FO2. The van der Waals surface area contributed by atoms with Crippen LogP contribution in [0.25, 0.3) is 0 Å². The molecule has 0 aliphatic carbocycles. The van der Waals surface area contributed by atoms with E-state index in [4.69, 9.17) is 0 Å². The zero-order chi connectivity index (χ0) is 13.8. The Bertz CT molecular complexity index is 576. The molecule has 0 saturated carbocycles. The van der Waals surface area contributed by atoms with E-state index >= 15 is 0 Å². The highest BCUT2D eigenvalue weighted by molar-refractivity contribution is 6.00. The smallest absolute Gasteiger partial charge is 0.198 e. The number of hydrogen-bond acceptors (Lipinski definition) is 2. The maximum absolute atomic E-state index is 13.5. The molecule has 0 radical (unpaired) electrons. The van der Waals surface area contributed by atoms with Gasteiger partial charge in [-0.05, 0) is 29.7 Å². The van der Waals surface area contributed by atoms with Crippen molar-refractivity contribution in [1.82, 2.24) is 0 Å². The minimum Gasteiger partial charge on any atom is -0.380 e. The van der Waals surface area contributed by atoms with Gasteiger partial charge >= 0.3 is 0 Å². The Balaban J connectivity index is 2.26. The average molecular weight is 258 g/mol. The third-order valence-electron chi connectivity index (χ3n) is 3.09. The number of benzene rings is 2. The van der Waals surface area contributed by atoms with Crippen molar-refractivity contribution in [3.63, 3.8) is 0 Å². The van der Waals surface area contributed by atoms with Crippen molar-refractivity contribution in [3.8, 4) is 0 Å². The van der Waals surface area contributed by atoms with Crippen LogP contribution in [0.15, 0.2) is 48.5 Å². The van der Waals surface area contributed by atoms with Gasteiger partial charge in [0.15, 0.2) is 5.78 Å². The first-order chi connectivity index (χ1) is 9.13. The van der Waals surface area contributed by atoms with Crippen LogP contribution in [0.1, 0.15) is 34.5 Å². The van der Waals surface area contributed by atoms with E-state index in [1.54, 1.807) is 18.2 Å². The standard InChI is InChI=1S/C16H15FO2/c1-2-11-7-9-12(10-8-11)15(18)16(19)13-5-3-4-6-14(13)17/h3-10,15,18H,2H2,1H3. The second kappa shape index (κ2) is 5.76. The summed E-state index contributed by atoms with van der Waals surface area (Å²) in [5.41, 5.74) is 1.51. The zero-order valence-corrected chi connectivity index (χ0v) is 10.6. The van der Waals surface area contributed by atoms with E-state index in [9.17, 15) is 14.3 Å². The number of halogens is 1. The predicted octanol–water partition coefficient (Wildman–Crippen LogP) is 3.30. The van der Waals surface area contributed by atoms with Crippen molar-refractivity contribution in [2.45, 2.75) is 19.4 Å². The number of aliphatic hydroxyl groups is 1. The van der Waals surface area contributed by atoms with E-state index in [1.165, 1.54) is 18.2 Å². The molecular weight excluding hydrogens is 243 g/mol. The lowest BCUT2D eigenvalue weighted by Gasteiger charge is -2.11. The molecule has 0 amide bonds. The van der Waals surface area contributed by atoms with Crippen LogP contribution in [0.3, 0.4) is 0 Å². The number of carbonyl (C=O) groups excluding carboxylic acids is 1. The molecule has 1 unspecified atom stereocenters. The number of rotatable bonds is 4. The van der Waals surface area contributed by atoms with Crippen LogP contribution >= 0.6 is 0 Å². The fourth-order valence-electron chi connectivity index (χ4n) is 1.90. The van der Waals surface area contributed by atoms with Crippen molar-refractivity contribution in [2.24, 2.45) is 0 Å². The van der Waals surface area contributed by atoms with Gasteiger partial charge in [-0.15, -0.1) is 0 Å². The fourth-order valence-corrected chi connectivity index (χ4v) is 1.90. The van der Waals surface area contributed by atoms with Gasteiger partial charge < -0.3 is 5.11 Å². The van der Waals surface area contributed by atoms with Crippen LogP contribution < -0.4 is 0 Å². The quantitative estimate of drug-likeness (QED) is 0.854. The van der Waals surface area contributed by atoms with Crippen LogP contribution in [0.2, 0.25) is 0 Å². The maximum atomic E-state index is 13.5. The summed E-state index contributed by atoms with van der Waals surface area (Å²) in [5.74, 6) is -1.24. The van der Waals surface area contributed by atoms with Crippen molar-refractivity contribution in [2.75, 3.05) is 0 Å². The summed E-state index contributed by atoms with van der Waals surface area (Å²) in [4.78, 5) is 12.0. The first-order valence-corrected chi connectivity index (χ1v) is 6.19. The zero-order valence-electron chi connectivity index (χ0n) is 10.6. The summed E-state index contributed by atoms with van der Waals surface area (Å²) in [6.07, 6.45) is -0.444. The minimum atomic E-state index is -1.33. The molecule has 2 aromatic rings. The third kappa shape index (κ3) is 2.88. The highest BCUT2D eigenvalue weighted by Gasteiger charge is 2.21. The van der Waals surface area contributed by atoms with Crippen LogP contribution in [0, 0.1) is 5.82 Å². The van der Waals surface area contributed by atoms with Gasteiger partial charge in [-0.25, -0.2) is 4.39 Å². The Labute approximate surface area is 111 Å². The van der Waals surface area contributed by atoms with E-state index in [2.05, 4.69) is 0 Å². The molecule has 1 atom stereocenters. The molecule has 0 aromatic heterocycles. The molecule has 2 rings (SSSR count). The highest BCUT2D eigenvalue weighted by atomic mass is 19.1. The van der Waals surface area contributed by atoms with E-state index in [0.717, 1.165) is 12.0 Å². The molecule has 0 aliphatic rings. The molecule has 2 aromatic carbocycles. The molecule has 98 valence electrons. The van der Waals surface area contributed by atoms with Crippen molar-refractivity contribution >= 4 is 5.78 Å². The van der Waals surface area contributed by atoms with Gasteiger partial charge in [0.1, 0.15) is 11.9 Å². The number of Topliss-reactive ketones (excluding diaryl/α,β-unsaturated/α-hetero) is 1. The Kier molecular flexibility index (Phi) is 4.07. The molecule has 2 nitrogen and oxygen atoms in total. The summed E-state index contributed by atoms with van der Waals surface area (Å²) < 4.78 is 13.5. The molecule has 0 fully saturated rings. The van der Waals surface area contributed by atoms with E-state index < -0.39 is 17.7 Å². The van der Waals surface area contributed by atoms with Gasteiger partial charge in [-0.1, -0.05) is 43.3 Å². The second-order valence-corrected chi connectivity index (χ2v) is 4.34. The van der Waals surface area contributed by atoms with Crippen molar-refractivity contribution < 1.29 is 14.3 Å². The van der Waals surface area contributed by atoms with E-state index in [0.29, 0.717) is 5.56 Å². The van der Waals surface area contributed by atoms with Gasteiger partial charge in [-0.2, -0.15) is 0 Å². The second-order valence-electron chi connectivity index (χ2n) is 4.34. The van der Waals surface area contributed by atoms with Gasteiger partial charge in [0, 0.05) is 0 Å². The van der Waals surface area contributed by atoms with Crippen molar-refractivity contribution in [1.29, 1.82) is 0 Å². The Morgan fingerprint density at radius 3 is 2.37 bits per heavy atom. The molecule has 1 N–H and O–H groups in total. The van der Waals surface area contributed by atoms with Crippen LogP contribution in [0.4, 0.5) is 4.39 Å². The van der Waals surface area contributed by atoms with Gasteiger partial charge in [0.2, 0.25) is 0 Å². The molecule has 0 bridgehead atoms. The SMILES string of the molecule is CCc1ccc(C(O)C(=O)c2ccccc2F)cc1. The molecule has 0 heterocycles.